The Morgan fingerprint density at radius 2 is 1.67 bits per heavy atom. The van der Waals surface area contributed by atoms with E-state index in [1.807, 2.05) is 32.0 Å². The molecule has 27 heavy (non-hydrogen) atoms. The fourth-order valence-electron chi connectivity index (χ4n) is 3.23. The van der Waals surface area contributed by atoms with Gasteiger partial charge in [-0.1, -0.05) is 42.5 Å². The molecule has 1 atom stereocenters. The maximum Gasteiger partial charge on any atom is 0.119 e. The van der Waals surface area contributed by atoms with Crippen LogP contribution < -0.4 is 10.1 Å². The first-order valence-electron chi connectivity index (χ1n) is 9.74. The molecular formula is C24H29NO2. The second kappa shape index (κ2) is 9.98. The summed E-state index contributed by atoms with van der Waals surface area (Å²) in [6.07, 6.45) is 4.01. The SMILES string of the molecule is CC(C)Oc1ccc(CNCC[C@@H](Cc2ccccc2)c2ccco2)cc1. The molecular weight excluding hydrogens is 334 g/mol. The van der Waals surface area contributed by atoms with Gasteiger partial charge < -0.3 is 14.5 Å². The third kappa shape index (κ3) is 6.30. The molecule has 0 fully saturated rings. The second-order valence-corrected chi connectivity index (χ2v) is 7.18. The second-order valence-electron chi connectivity index (χ2n) is 7.18. The zero-order chi connectivity index (χ0) is 18.9. The lowest BCUT2D eigenvalue weighted by Gasteiger charge is -2.15. The van der Waals surface area contributed by atoms with Crippen LogP contribution >= 0.6 is 0 Å². The molecule has 0 bridgehead atoms. The van der Waals surface area contributed by atoms with Gasteiger partial charge in [0.25, 0.3) is 0 Å². The van der Waals surface area contributed by atoms with E-state index < -0.39 is 0 Å². The lowest BCUT2D eigenvalue weighted by atomic mass is 9.94. The van der Waals surface area contributed by atoms with Crippen LogP contribution in [0, 0.1) is 0 Å². The number of rotatable bonds is 10. The van der Waals surface area contributed by atoms with E-state index in [0.29, 0.717) is 5.92 Å². The molecule has 0 radical (unpaired) electrons. The molecule has 3 heteroatoms. The molecule has 0 saturated carbocycles. The van der Waals surface area contributed by atoms with Crippen molar-refractivity contribution in [1.29, 1.82) is 0 Å². The Morgan fingerprint density at radius 1 is 0.889 bits per heavy atom. The Morgan fingerprint density at radius 3 is 2.33 bits per heavy atom. The number of furan rings is 1. The molecule has 0 amide bonds. The predicted molar refractivity (Wildman–Crippen MR) is 110 cm³/mol. The zero-order valence-corrected chi connectivity index (χ0v) is 16.2. The van der Waals surface area contributed by atoms with Crippen LogP contribution in [0.2, 0.25) is 0 Å². The third-order valence-corrected chi connectivity index (χ3v) is 4.56. The lowest BCUT2D eigenvalue weighted by Crippen LogP contribution is -2.18. The fourth-order valence-corrected chi connectivity index (χ4v) is 3.23. The van der Waals surface area contributed by atoms with Gasteiger partial charge in [-0.25, -0.2) is 0 Å². The highest BCUT2D eigenvalue weighted by Gasteiger charge is 2.15. The zero-order valence-electron chi connectivity index (χ0n) is 16.2. The molecule has 142 valence electrons. The number of ether oxygens (including phenoxy) is 1. The summed E-state index contributed by atoms with van der Waals surface area (Å²) in [6.45, 7) is 5.89. The summed E-state index contributed by atoms with van der Waals surface area (Å²) >= 11 is 0. The van der Waals surface area contributed by atoms with Crippen molar-refractivity contribution in [3.8, 4) is 5.75 Å². The largest absolute Gasteiger partial charge is 0.491 e. The Labute approximate surface area is 162 Å². The molecule has 1 heterocycles. The minimum absolute atomic E-state index is 0.206. The van der Waals surface area contributed by atoms with Gasteiger partial charge in [0.2, 0.25) is 0 Å². The fraction of sp³-hybridized carbons (Fsp3) is 0.333. The van der Waals surface area contributed by atoms with E-state index in [-0.39, 0.29) is 6.10 Å². The minimum Gasteiger partial charge on any atom is -0.491 e. The summed E-state index contributed by atoms with van der Waals surface area (Å²) < 4.78 is 11.4. The third-order valence-electron chi connectivity index (χ3n) is 4.56. The van der Waals surface area contributed by atoms with E-state index in [1.165, 1.54) is 11.1 Å². The standard InChI is InChI=1S/C24H29NO2/c1-19(2)27-23-12-10-21(11-13-23)18-25-15-14-22(24-9-6-16-26-24)17-20-7-4-3-5-8-20/h3-13,16,19,22,25H,14-15,17-18H2,1-2H3/t22-/m0/s1. The monoisotopic (exact) mass is 363 g/mol. The van der Waals surface area contributed by atoms with Crippen LogP contribution in [0.25, 0.3) is 0 Å². The molecule has 3 nitrogen and oxygen atoms in total. The van der Waals surface area contributed by atoms with Crippen molar-refractivity contribution in [2.24, 2.45) is 0 Å². The Balaban J connectivity index is 1.49. The molecule has 1 N–H and O–H groups in total. The smallest absolute Gasteiger partial charge is 0.119 e. The van der Waals surface area contributed by atoms with Crippen molar-refractivity contribution in [2.75, 3.05) is 6.54 Å². The summed E-state index contributed by atoms with van der Waals surface area (Å²) in [7, 11) is 0. The van der Waals surface area contributed by atoms with E-state index in [2.05, 4.69) is 53.8 Å². The Kier molecular flexibility index (Phi) is 7.11. The number of hydrogen-bond donors (Lipinski definition) is 1. The molecule has 2 aromatic carbocycles. The average molecular weight is 364 g/mol. The van der Waals surface area contributed by atoms with Crippen molar-refractivity contribution in [2.45, 2.75) is 45.3 Å². The van der Waals surface area contributed by atoms with Crippen molar-refractivity contribution in [3.63, 3.8) is 0 Å². The maximum atomic E-state index is 5.69. The first kappa shape index (κ1) is 19.2. The normalized spacial score (nSPS) is 12.3. The van der Waals surface area contributed by atoms with Crippen LogP contribution in [0.15, 0.2) is 77.4 Å². The van der Waals surface area contributed by atoms with Gasteiger partial charge in [-0.3, -0.25) is 0 Å². The van der Waals surface area contributed by atoms with Crippen LogP contribution in [-0.4, -0.2) is 12.6 Å². The van der Waals surface area contributed by atoms with Crippen molar-refractivity contribution in [1.82, 2.24) is 5.32 Å². The van der Waals surface area contributed by atoms with Crippen LogP contribution in [0.4, 0.5) is 0 Å². The van der Waals surface area contributed by atoms with Gasteiger partial charge in [-0.05, 0) is 68.6 Å². The number of hydrogen-bond acceptors (Lipinski definition) is 3. The summed E-state index contributed by atoms with van der Waals surface area (Å²) in [4.78, 5) is 0. The molecule has 1 aromatic heterocycles. The summed E-state index contributed by atoms with van der Waals surface area (Å²) in [5.41, 5.74) is 2.61. The quantitative estimate of drug-likeness (QED) is 0.478. The van der Waals surface area contributed by atoms with Crippen molar-refractivity contribution in [3.05, 3.63) is 89.9 Å². The highest BCUT2D eigenvalue weighted by atomic mass is 16.5. The average Bonchev–Trinajstić information content (AvgIpc) is 3.20. The maximum absolute atomic E-state index is 5.69. The first-order chi connectivity index (χ1) is 13.2. The molecule has 0 saturated heterocycles. The Hall–Kier alpha value is -2.52. The van der Waals surface area contributed by atoms with Crippen LogP contribution in [0.3, 0.4) is 0 Å². The van der Waals surface area contributed by atoms with Crippen LogP contribution in [0.5, 0.6) is 5.75 Å². The molecule has 0 aliphatic carbocycles. The number of nitrogens with one attached hydrogen (secondary N) is 1. The van der Waals surface area contributed by atoms with Gasteiger partial charge >= 0.3 is 0 Å². The van der Waals surface area contributed by atoms with E-state index in [0.717, 1.165) is 37.4 Å². The van der Waals surface area contributed by atoms with Gasteiger partial charge in [0.1, 0.15) is 11.5 Å². The van der Waals surface area contributed by atoms with Gasteiger partial charge in [0.05, 0.1) is 12.4 Å². The van der Waals surface area contributed by atoms with Gasteiger partial charge in [0, 0.05) is 12.5 Å². The van der Waals surface area contributed by atoms with E-state index in [9.17, 15) is 0 Å². The van der Waals surface area contributed by atoms with Crippen LogP contribution in [-0.2, 0) is 13.0 Å². The Bertz CT molecular complexity index is 764. The van der Waals surface area contributed by atoms with Gasteiger partial charge in [0.15, 0.2) is 0 Å². The van der Waals surface area contributed by atoms with E-state index in [1.54, 1.807) is 6.26 Å². The number of benzene rings is 2. The van der Waals surface area contributed by atoms with Crippen LogP contribution in [0.1, 0.15) is 43.1 Å². The molecule has 3 aromatic rings. The highest BCUT2D eigenvalue weighted by molar-refractivity contribution is 5.27. The first-order valence-corrected chi connectivity index (χ1v) is 9.74. The van der Waals surface area contributed by atoms with Crippen molar-refractivity contribution < 1.29 is 9.15 Å². The van der Waals surface area contributed by atoms with Crippen molar-refractivity contribution >= 4 is 0 Å². The lowest BCUT2D eigenvalue weighted by molar-refractivity contribution is 0.242. The summed E-state index contributed by atoms with van der Waals surface area (Å²) in [5.74, 6) is 2.38. The highest BCUT2D eigenvalue weighted by Crippen LogP contribution is 2.24. The van der Waals surface area contributed by atoms with Gasteiger partial charge in [-0.15, -0.1) is 0 Å². The summed E-state index contributed by atoms with van der Waals surface area (Å²) in [5, 5.41) is 3.56. The molecule has 0 unspecified atom stereocenters. The molecule has 0 spiro atoms. The molecule has 0 aliphatic heterocycles. The van der Waals surface area contributed by atoms with E-state index in [4.69, 9.17) is 9.15 Å². The van der Waals surface area contributed by atoms with E-state index >= 15 is 0 Å². The predicted octanol–water partition coefficient (Wildman–Crippen LogP) is 5.57. The molecule has 0 aliphatic rings. The molecule has 3 rings (SSSR count). The van der Waals surface area contributed by atoms with Gasteiger partial charge in [-0.2, -0.15) is 0 Å². The minimum atomic E-state index is 0.206. The summed E-state index contributed by atoms with van der Waals surface area (Å²) in [6, 6.07) is 23.0. The topological polar surface area (TPSA) is 34.4 Å².